The molecule has 106 valence electrons. The molecule has 0 aromatic rings. The first-order valence-electron chi connectivity index (χ1n) is 6.29. The van der Waals surface area contributed by atoms with Crippen LogP contribution in [0.4, 0.5) is 0 Å². The summed E-state index contributed by atoms with van der Waals surface area (Å²) in [6.07, 6.45) is 0.580. The molecule has 0 heterocycles. The highest BCUT2D eigenvalue weighted by molar-refractivity contribution is 5.84. The van der Waals surface area contributed by atoms with Crippen LogP contribution in [0.5, 0.6) is 0 Å². The number of carboxylic acid groups (broad SMARTS) is 1. The Balaban J connectivity index is 4.29. The van der Waals surface area contributed by atoms with Gasteiger partial charge in [-0.3, -0.25) is 9.59 Å². The van der Waals surface area contributed by atoms with Crippen molar-refractivity contribution < 1.29 is 19.8 Å². The molecular formula is C13H25NO4. The van der Waals surface area contributed by atoms with Crippen LogP contribution in [0.25, 0.3) is 0 Å². The maximum Gasteiger partial charge on any atom is 0.307 e. The van der Waals surface area contributed by atoms with Gasteiger partial charge in [0.1, 0.15) is 0 Å². The molecule has 5 nitrogen and oxygen atoms in total. The number of rotatable bonds is 7. The topological polar surface area (TPSA) is 86.6 Å². The second-order valence-electron chi connectivity index (χ2n) is 5.73. The minimum Gasteiger partial charge on any atom is -0.481 e. The fourth-order valence-electron chi connectivity index (χ4n) is 1.83. The van der Waals surface area contributed by atoms with Gasteiger partial charge in [0.25, 0.3) is 0 Å². The lowest BCUT2D eigenvalue weighted by Gasteiger charge is -2.26. The predicted molar refractivity (Wildman–Crippen MR) is 69.1 cm³/mol. The Morgan fingerprint density at radius 1 is 1.17 bits per heavy atom. The Morgan fingerprint density at radius 2 is 1.67 bits per heavy atom. The zero-order chi connectivity index (χ0) is 14.5. The van der Waals surface area contributed by atoms with Crippen LogP contribution >= 0.6 is 0 Å². The lowest BCUT2D eigenvalue weighted by molar-refractivity contribution is -0.146. The average molecular weight is 259 g/mol. The van der Waals surface area contributed by atoms with E-state index in [4.69, 9.17) is 5.11 Å². The number of carbonyl (C=O) groups is 2. The van der Waals surface area contributed by atoms with Gasteiger partial charge in [-0.2, -0.15) is 0 Å². The smallest absolute Gasteiger partial charge is 0.307 e. The molecule has 5 heteroatoms. The number of hydrogen-bond donors (Lipinski definition) is 3. The Bertz CT molecular complexity index is 299. The first-order chi connectivity index (χ1) is 8.07. The number of aliphatic hydroxyl groups is 1. The number of amides is 1. The highest BCUT2D eigenvalue weighted by Gasteiger charge is 2.28. The number of hydrogen-bond acceptors (Lipinski definition) is 3. The molecule has 0 spiro atoms. The van der Waals surface area contributed by atoms with Crippen molar-refractivity contribution in [3.63, 3.8) is 0 Å². The predicted octanol–water partition coefficient (Wildman–Crippen LogP) is 1.26. The van der Waals surface area contributed by atoms with E-state index in [1.165, 1.54) is 6.92 Å². The minimum atomic E-state index is -0.994. The van der Waals surface area contributed by atoms with Crippen molar-refractivity contribution in [1.29, 1.82) is 0 Å². The van der Waals surface area contributed by atoms with E-state index in [0.717, 1.165) is 0 Å². The number of carbonyl (C=O) groups excluding carboxylic acids is 1. The summed E-state index contributed by atoms with van der Waals surface area (Å²) in [5.74, 6) is -2.36. The van der Waals surface area contributed by atoms with E-state index in [1.807, 2.05) is 13.8 Å². The van der Waals surface area contributed by atoms with Gasteiger partial charge < -0.3 is 15.5 Å². The van der Waals surface area contributed by atoms with Gasteiger partial charge in [-0.25, -0.2) is 0 Å². The van der Waals surface area contributed by atoms with Crippen LogP contribution in [0, 0.1) is 17.8 Å². The summed E-state index contributed by atoms with van der Waals surface area (Å²) < 4.78 is 0. The van der Waals surface area contributed by atoms with E-state index in [0.29, 0.717) is 12.3 Å². The summed E-state index contributed by atoms with van der Waals surface area (Å²) in [4.78, 5) is 22.5. The second kappa shape index (κ2) is 6.73. The van der Waals surface area contributed by atoms with Gasteiger partial charge in [-0.1, -0.05) is 27.7 Å². The normalized spacial score (nSPS) is 17.9. The number of carboxylic acids is 1. The van der Waals surface area contributed by atoms with Gasteiger partial charge in [-0.15, -0.1) is 0 Å². The van der Waals surface area contributed by atoms with Crippen LogP contribution < -0.4 is 5.32 Å². The largest absolute Gasteiger partial charge is 0.481 e. The van der Waals surface area contributed by atoms with Crippen molar-refractivity contribution in [3.8, 4) is 0 Å². The lowest BCUT2D eigenvalue weighted by atomic mass is 9.92. The summed E-state index contributed by atoms with van der Waals surface area (Å²) in [5.41, 5.74) is -0.962. The molecule has 0 aliphatic heterocycles. The molecule has 0 aromatic heterocycles. The molecule has 3 N–H and O–H groups in total. The van der Waals surface area contributed by atoms with Gasteiger partial charge in [0.15, 0.2) is 0 Å². The SMILES string of the molecule is CC(C)CC(C)(O)CNC(=O)C(C)C(C)C(=O)O. The van der Waals surface area contributed by atoms with Crippen molar-refractivity contribution in [2.75, 3.05) is 6.54 Å². The first-order valence-corrected chi connectivity index (χ1v) is 6.29. The summed E-state index contributed by atoms with van der Waals surface area (Å²) >= 11 is 0. The van der Waals surface area contributed by atoms with E-state index in [-0.39, 0.29) is 12.5 Å². The van der Waals surface area contributed by atoms with Gasteiger partial charge >= 0.3 is 5.97 Å². The molecule has 3 unspecified atom stereocenters. The van der Waals surface area contributed by atoms with E-state index < -0.39 is 23.4 Å². The van der Waals surface area contributed by atoms with Crippen molar-refractivity contribution in [2.24, 2.45) is 17.8 Å². The van der Waals surface area contributed by atoms with E-state index in [2.05, 4.69) is 5.32 Å². The highest BCUT2D eigenvalue weighted by Crippen LogP contribution is 2.16. The molecule has 0 rings (SSSR count). The molecule has 0 bridgehead atoms. The van der Waals surface area contributed by atoms with E-state index >= 15 is 0 Å². The molecule has 0 saturated carbocycles. The highest BCUT2D eigenvalue weighted by atomic mass is 16.4. The minimum absolute atomic E-state index is 0.140. The van der Waals surface area contributed by atoms with Crippen LogP contribution in [0.15, 0.2) is 0 Å². The lowest BCUT2D eigenvalue weighted by Crippen LogP contribution is -2.44. The van der Waals surface area contributed by atoms with E-state index in [9.17, 15) is 14.7 Å². The molecule has 1 amide bonds. The van der Waals surface area contributed by atoms with Crippen LogP contribution in [0.2, 0.25) is 0 Å². The Kier molecular flexibility index (Phi) is 6.32. The zero-order valence-corrected chi connectivity index (χ0v) is 11.9. The zero-order valence-electron chi connectivity index (χ0n) is 11.9. The van der Waals surface area contributed by atoms with Gasteiger partial charge in [0.2, 0.25) is 5.91 Å². The molecule has 3 atom stereocenters. The third-order valence-corrected chi connectivity index (χ3v) is 3.04. The monoisotopic (exact) mass is 259 g/mol. The van der Waals surface area contributed by atoms with Crippen LogP contribution in [-0.2, 0) is 9.59 Å². The summed E-state index contributed by atoms with van der Waals surface area (Å²) in [6, 6.07) is 0. The maximum absolute atomic E-state index is 11.7. The number of aliphatic carboxylic acids is 1. The fourth-order valence-corrected chi connectivity index (χ4v) is 1.83. The third kappa shape index (κ3) is 6.00. The quantitative estimate of drug-likeness (QED) is 0.642. The third-order valence-electron chi connectivity index (χ3n) is 3.04. The second-order valence-corrected chi connectivity index (χ2v) is 5.73. The van der Waals surface area contributed by atoms with Crippen LogP contribution in [0.1, 0.15) is 41.0 Å². The first kappa shape index (κ1) is 16.9. The van der Waals surface area contributed by atoms with Crippen molar-refractivity contribution in [1.82, 2.24) is 5.32 Å². The molecule has 0 aromatic carbocycles. The molecular weight excluding hydrogens is 234 g/mol. The summed E-state index contributed by atoms with van der Waals surface area (Å²) in [7, 11) is 0. The van der Waals surface area contributed by atoms with Gasteiger partial charge in [0, 0.05) is 12.5 Å². The Hall–Kier alpha value is -1.10. The van der Waals surface area contributed by atoms with Crippen molar-refractivity contribution in [3.05, 3.63) is 0 Å². The van der Waals surface area contributed by atoms with Crippen molar-refractivity contribution >= 4 is 11.9 Å². The van der Waals surface area contributed by atoms with Crippen LogP contribution in [0.3, 0.4) is 0 Å². The Morgan fingerprint density at radius 3 is 2.06 bits per heavy atom. The summed E-state index contributed by atoms with van der Waals surface area (Å²) in [6.45, 7) is 8.86. The molecule has 0 aliphatic carbocycles. The number of nitrogens with one attached hydrogen (secondary N) is 1. The standard InChI is InChI=1S/C13H25NO4/c1-8(2)6-13(5,18)7-14-11(15)9(3)10(4)12(16)17/h8-10,18H,6-7H2,1-5H3,(H,14,15)(H,16,17). The fraction of sp³-hybridized carbons (Fsp3) is 0.846. The van der Waals surface area contributed by atoms with Crippen LogP contribution in [-0.4, -0.2) is 34.2 Å². The van der Waals surface area contributed by atoms with Crippen molar-refractivity contribution in [2.45, 2.75) is 46.6 Å². The van der Waals surface area contributed by atoms with E-state index in [1.54, 1.807) is 13.8 Å². The molecule has 0 aliphatic rings. The van der Waals surface area contributed by atoms with Gasteiger partial charge in [0.05, 0.1) is 11.5 Å². The Labute approximate surface area is 109 Å². The molecule has 0 fully saturated rings. The molecule has 0 saturated heterocycles. The van der Waals surface area contributed by atoms with Gasteiger partial charge in [-0.05, 0) is 19.3 Å². The molecule has 0 radical (unpaired) electrons. The maximum atomic E-state index is 11.7. The average Bonchev–Trinajstić information content (AvgIpc) is 2.21. The molecule has 18 heavy (non-hydrogen) atoms. The summed E-state index contributed by atoms with van der Waals surface area (Å²) in [5, 5.41) is 21.5.